The zero-order valence-corrected chi connectivity index (χ0v) is 17.5. The molecule has 0 aromatic heterocycles. The molecule has 1 saturated carbocycles. The maximum absolute atomic E-state index is 14.4. The van der Waals surface area contributed by atoms with Crippen LogP contribution in [0.2, 0.25) is 0 Å². The molecule has 1 fully saturated rings. The molecule has 1 aliphatic heterocycles. The molecule has 29 heavy (non-hydrogen) atoms. The largest absolute Gasteiger partial charge is 0.207 e. The summed E-state index contributed by atoms with van der Waals surface area (Å²) in [5.41, 5.74) is 4.00. The Hall–Kier alpha value is -2.06. The van der Waals surface area contributed by atoms with Gasteiger partial charge in [-0.15, -0.1) is 11.8 Å². The number of hydrogen-bond donors (Lipinski definition) is 0. The van der Waals surface area contributed by atoms with E-state index in [4.69, 9.17) is 0 Å². The van der Waals surface area contributed by atoms with Crippen LogP contribution in [0.3, 0.4) is 0 Å². The average molecular weight is 403 g/mol. The van der Waals surface area contributed by atoms with Crippen LogP contribution in [0.25, 0.3) is 0 Å². The van der Waals surface area contributed by atoms with Crippen molar-refractivity contribution in [2.45, 2.75) is 54.1 Å². The number of halogens is 1. The van der Waals surface area contributed by atoms with Crippen LogP contribution in [0.4, 0.5) is 4.39 Å². The summed E-state index contributed by atoms with van der Waals surface area (Å²) in [7, 11) is 0. The molecule has 2 aliphatic rings. The summed E-state index contributed by atoms with van der Waals surface area (Å²) in [5.74, 6) is 1.26. The Morgan fingerprint density at radius 3 is 2.03 bits per heavy atom. The van der Waals surface area contributed by atoms with Crippen LogP contribution in [-0.4, -0.2) is 0 Å². The first-order chi connectivity index (χ1) is 14.3. The van der Waals surface area contributed by atoms with E-state index in [9.17, 15) is 4.39 Å². The lowest BCUT2D eigenvalue weighted by Crippen LogP contribution is -2.29. The Morgan fingerprint density at radius 2 is 1.34 bits per heavy atom. The third-order valence-electron chi connectivity index (χ3n) is 6.77. The number of fused-ring (bicyclic) bond motifs is 1. The Kier molecular flexibility index (Phi) is 5.46. The van der Waals surface area contributed by atoms with E-state index in [1.807, 2.05) is 23.9 Å². The molecular weight excluding hydrogens is 375 g/mol. The van der Waals surface area contributed by atoms with E-state index in [1.165, 1.54) is 53.7 Å². The number of benzene rings is 3. The van der Waals surface area contributed by atoms with E-state index < -0.39 is 0 Å². The van der Waals surface area contributed by atoms with Gasteiger partial charge < -0.3 is 0 Å². The van der Waals surface area contributed by atoms with Crippen LogP contribution in [0.15, 0.2) is 83.8 Å². The molecule has 1 aliphatic carbocycles. The summed E-state index contributed by atoms with van der Waals surface area (Å²) in [4.78, 5) is 1.27. The summed E-state index contributed by atoms with van der Waals surface area (Å²) >= 11 is 1.92. The molecule has 1 heterocycles. The molecule has 3 aromatic rings. The summed E-state index contributed by atoms with van der Waals surface area (Å²) < 4.78 is 14.4. The predicted octanol–water partition coefficient (Wildman–Crippen LogP) is 8.12. The summed E-state index contributed by atoms with van der Waals surface area (Å²) in [6.07, 6.45) is 6.46. The van der Waals surface area contributed by atoms with Gasteiger partial charge >= 0.3 is 0 Å². The smallest absolute Gasteiger partial charge is 0.123 e. The van der Waals surface area contributed by atoms with Gasteiger partial charge in [-0.3, -0.25) is 0 Å². The van der Waals surface area contributed by atoms with Gasteiger partial charge in [-0.2, -0.15) is 0 Å². The third-order valence-corrected chi connectivity index (χ3v) is 8.21. The van der Waals surface area contributed by atoms with E-state index in [2.05, 4.69) is 60.7 Å². The Morgan fingerprint density at radius 1 is 0.690 bits per heavy atom. The Labute approximate surface area is 177 Å². The quantitative estimate of drug-likeness (QED) is 0.426. The van der Waals surface area contributed by atoms with Crippen molar-refractivity contribution in [3.8, 4) is 0 Å². The van der Waals surface area contributed by atoms with Crippen molar-refractivity contribution in [3.63, 3.8) is 0 Å². The highest BCUT2D eigenvalue weighted by molar-refractivity contribution is 7.99. The highest BCUT2D eigenvalue weighted by Gasteiger charge is 2.43. The lowest BCUT2D eigenvalue weighted by molar-refractivity contribution is 0.267. The summed E-state index contributed by atoms with van der Waals surface area (Å²) in [6, 6.07) is 27.4. The monoisotopic (exact) mass is 402 g/mol. The van der Waals surface area contributed by atoms with Gasteiger partial charge in [0.05, 0.1) is 0 Å². The lowest BCUT2D eigenvalue weighted by Gasteiger charge is -2.44. The Balaban J connectivity index is 1.69. The first-order valence-corrected chi connectivity index (χ1v) is 11.8. The van der Waals surface area contributed by atoms with Crippen LogP contribution >= 0.6 is 11.8 Å². The molecule has 0 amide bonds. The van der Waals surface area contributed by atoms with Gasteiger partial charge in [0.15, 0.2) is 0 Å². The number of hydrogen-bond acceptors (Lipinski definition) is 1. The van der Waals surface area contributed by atoms with Crippen LogP contribution in [0.1, 0.15) is 65.9 Å². The highest BCUT2D eigenvalue weighted by Crippen LogP contribution is 2.61. The van der Waals surface area contributed by atoms with Gasteiger partial charge in [-0.1, -0.05) is 79.9 Å². The van der Waals surface area contributed by atoms with Crippen molar-refractivity contribution in [2.24, 2.45) is 5.92 Å². The first kappa shape index (κ1) is 18.9. The molecule has 0 saturated heterocycles. The first-order valence-electron chi connectivity index (χ1n) is 10.9. The second-order valence-corrected chi connectivity index (χ2v) is 9.68. The van der Waals surface area contributed by atoms with Crippen molar-refractivity contribution >= 4 is 11.8 Å². The van der Waals surface area contributed by atoms with E-state index in [-0.39, 0.29) is 5.82 Å². The molecule has 5 rings (SSSR count). The Bertz CT molecular complexity index is 947. The molecule has 2 heteroatoms. The van der Waals surface area contributed by atoms with E-state index in [0.717, 1.165) is 0 Å². The molecule has 3 aromatic carbocycles. The van der Waals surface area contributed by atoms with Crippen molar-refractivity contribution in [3.05, 3.63) is 101 Å². The highest BCUT2D eigenvalue weighted by atomic mass is 32.2. The normalized spacial score (nSPS) is 24.8. The van der Waals surface area contributed by atoms with Gasteiger partial charge in [0, 0.05) is 16.1 Å². The second kappa shape index (κ2) is 8.36. The number of rotatable bonds is 3. The third kappa shape index (κ3) is 3.75. The fraction of sp³-hybridized carbons (Fsp3) is 0.333. The minimum atomic E-state index is -0.102. The molecule has 0 N–H and O–H groups in total. The maximum Gasteiger partial charge on any atom is 0.123 e. The lowest BCUT2D eigenvalue weighted by atomic mass is 9.67. The molecule has 0 nitrogen and oxygen atoms in total. The van der Waals surface area contributed by atoms with Crippen LogP contribution in [0.5, 0.6) is 0 Å². The van der Waals surface area contributed by atoms with Crippen LogP contribution in [-0.2, 0) is 0 Å². The van der Waals surface area contributed by atoms with Gasteiger partial charge in [0.1, 0.15) is 5.82 Å². The fourth-order valence-corrected chi connectivity index (χ4v) is 7.01. The van der Waals surface area contributed by atoms with Crippen molar-refractivity contribution in [1.29, 1.82) is 0 Å². The molecule has 3 unspecified atom stereocenters. The molecule has 3 atom stereocenters. The minimum Gasteiger partial charge on any atom is -0.207 e. The second-order valence-electron chi connectivity index (χ2n) is 8.49. The number of thioether (sulfide) groups is 1. The maximum atomic E-state index is 14.4. The average Bonchev–Trinajstić information content (AvgIpc) is 2.79. The SMILES string of the molecule is Fc1ccc2c(c1)C(C1CCCCC1)C(c1ccccc1)C(c1ccccc1)S2. The van der Waals surface area contributed by atoms with Crippen molar-refractivity contribution in [1.82, 2.24) is 0 Å². The van der Waals surface area contributed by atoms with E-state index >= 15 is 0 Å². The van der Waals surface area contributed by atoms with Gasteiger partial charge in [-0.25, -0.2) is 4.39 Å². The zero-order valence-electron chi connectivity index (χ0n) is 16.6. The van der Waals surface area contributed by atoms with Crippen LogP contribution in [0, 0.1) is 11.7 Å². The van der Waals surface area contributed by atoms with Gasteiger partial charge in [0.25, 0.3) is 0 Å². The standard InChI is InChI=1S/C27H27FS/c28-22-16-17-24-23(18-22)25(19-10-4-1-5-11-19)26(20-12-6-2-7-13-20)27(29-24)21-14-8-3-9-15-21/h2-3,6-9,12-19,25-27H,1,4-5,10-11H2. The van der Waals surface area contributed by atoms with Crippen LogP contribution < -0.4 is 0 Å². The van der Waals surface area contributed by atoms with E-state index in [1.54, 1.807) is 6.07 Å². The van der Waals surface area contributed by atoms with E-state index in [0.29, 0.717) is 23.0 Å². The fourth-order valence-electron chi connectivity index (χ4n) is 5.49. The minimum absolute atomic E-state index is 0.102. The van der Waals surface area contributed by atoms with Gasteiger partial charge in [-0.05, 0) is 59.6 Å². The van der Waals surface area contributed by atoms with Crippen molar-refractivity contribution in [2.75, 3.05) is 0 Å². The molecule has 0 bridgehead atoms. The van der Waals surface area contributed by atoms with Crippen molar-refractivity contribution < 1.29 is 4.39 Å². The molecular formula is C27H27FS. The summed E-state index contributed by atoms with van der Waals surface area (Å²) in [6.45, 7) is 0. The molecule has 148 valence electrons. The zero-order chi connectivity index (χ0) is 19.6. The van der Waals surface area contributed by atoms with Gasteiger partial charge in [0.2, 0.25) is 0 Å². The molecule has 0 spiro atoms. The summed E-state index contributed by atoms with van der Waals surface area (Å²) in [5, 5.41) is 0.350. The molecule has 0 radical (unpaired) electrons. The predicted molar refractivity (Wildman–Crippen MR) is 120 cm³/mol. The topological polar surface area (TPSA) is 0 Å².